The number of benzene rings is 3. The number of carbonyl (C=O) groups is 1. The van der Waals surface area contributed by atoms with Crippen molar-refractivity contribution in [3.05, 3.63) is 83.9 Å². The topological polar surface area (TPSA) is 77.2 Å². The minimum absolute atomic E-state index is 0.136. The summed E-state index contributed by atoms with van der Waals surface area (Å²) in [5.41, 5.74) is 2.18. The van der Waals surface area contributed by atoms with Crippen LogP contribution in [0.25, 0.3) is 22.8 Å². The van der Waals surface area contributed by atoms with E-state index in [1.165, 1.54) is 0 Å². The molecule has 4 aromatic rings. The monoisotopic (exact) mass is 405 g/mol. The number of hydrogen-bond acceptors (Lipinski definition) is 5. The molecule has 0 fully saturated rings. The number of amides is 1. The second kappa shape index (κ2) is 8.58. The lowest BCUT2D eigenvalue weighted by atomic mass is 10.2. The molecular weight excluding hydrogens is 390 g/mol. The van der Waals surface area contributed by atoms with Gasteiger partial charge >= 0.3 is 0 Å². The number of anilines is 1. The number of aromatic nitrogens is 2. The van der Waals surface area contributed by atoms with Crippen LogP contribution in [0.15, 0.2) is 83.4 Å². The van der Waals surface area contributed by atoms with Crippen LogP contribution in [-0.2, 0) is 4.79 Å². The first-order valence-corrected chi connectivity index (χ1v) is 9.23. The van der Waals surface area contributed by atoms with Crippen LogP contribution >= 0.6 is 11.6 Å². The molecule has 0 atom stereocenters. The van der Waals surface area contributed by atoms with Gasteiger partial charge in [0.1, 0.15) is 5.75 Å². The van der Waals surface area contributed by atoms with Gasteiger partial charge < -0.3 is 14.6 Å². The molecule has 3 aromatic carbocycles. The van der Waals surface area contributed by atoms with Crippen molar-refractivity contribution in [2.24, 2.45) is 0 Å². The molecule has 7 heteroatoms. The van der Waals surface area contributed by atoms with Gasteiger partial charge in [-0.25, -0.2) is 0 Å². The van der Waals surface area contributed by atoms with E-state index < -0.39 is 0 Å². The summed E-state index contributed by atoms with van der Waals surface area (Å²) in [5, 5.41) is 7.19. The molecule has 0 spiro atoms. The summed E-state index contributed by atoms with van der Waals surface area (Å²) in [6, 6.07) is 23.7. The Labute approximate surface area is 172 Å². The summed E-state index contributed by atoms with van der Waals surface area (Å²) >= 11 is 6.03. The van der Waals surface area contributed by atoms with E-state index in [2.05, 4.69) is 15.5 Å². The van der Waals surface area contributed by atoms with Gasteiger partial charge in [0.25, 0.3) is 11.8 Å². The highest BCUT2D eigenvalue weighted by atomic mass is 35.5. The summed E-state index contributed by atoms with van der Waals surface area (Å²) in [6.45, 7) is -0.136. The van der Waals surface area contributed by atoms with Crippen molar-refractivity contribution in [3.8, 4) is 28.6 Å². The summed E-state index contributed by atoms with van der Waals surface area (Å²) in [6.07, 6.45) is 0. The lowest BCUT2D eigenvalue weighted by Gasteiger charge is -2.08. The lowest BCUT2D eigenvalue weighted by Crippen LogP contribution is -2.20. The molecule has 1 amide bonds. The summed E-state index contributed by atoms with van der Waals surface area (Å²) < 4.78 is 10.9. The molecule has 6 nitrogen and oxygen atoms in total. The zero-order valence-corrected chi connectivity index (χ0v) is 16.0. The van der Waals surface area contributed by atoms with Crippen LogP contribution in [-0.4, -0.2) is 22.7 Å². The second-order valence-electron chi connectivity index (χ2n) is 6.13. The maximum Gasteiger partial charge on any atom is 0.262 e. The maximum atomic E-state index is 12.0. The summed E-state index contributed by atoms with van der Waals surface area (Å²) in [4.78, 5) is 16.5. The Morgan fingerprint density at radius 2 is 1.66 bits per heavy atom. The van der Waals surface area contributed by atoms with Gasteiger partial charge in [-0.05, 0) is 36.4 Å². The Hall–Kier alpha value is -3.64. The molecule has 0 aliphatic carbocycles. The summed E-state index contributed by atoms with van der Waals surface area (Å²) in [7, 11) is 0. The van der Waals surface area contributed by atoms with E-state index in [1.807, 2.05) is 30.3 Å². The minimum Gasteiger partial charge on any atom is -0.484 e. The molecule has 0 saturated carbocycles. The van der Waals surface area contributed by atoms with Crippen LogP contribution in [0.4, 0.5) is 5.69 Å². The molecule has 0 bridgehead atoms. The second-order valence-corrected chi connectivity index (χ2v) is 6.54. The predicted octanol–water partition coefficient (Wildman–Crippen LogP) is 5.07. The number of carbonyl (C=O) groups excluding carboxylic acids is 1. The van der Waals surface area contributed by atoms with Crippen LogP contribution in [0, 0.1) is 0 Å². The van der Waals surface area contributed by atoms with Gasteiger partial charge in [-0.1, -0.05) is 59.2 Å². The Morgan fingerprint density at radius 3 is 2.41 bits per heavy atom. The molecule has 0 saturated heterocycles. The van der Waals surface area contributed by atoms with Crippen molar-refractivity contribution in [3.63, 3.8) is 0 Å². The molecule has 144 valence electrons. The molecular formula is C22H16ClN3O3. The number of ether oxygens (including phenoxy) is 1. The highest BCUT2D eigenvalue weighted by molar-refractivity contribution is 6.33. The van der Waals surface area contributed by atoms with E-state index in [0.717, 1.165) is 11.1 Å². The smallest absolute Gasteiger partial charge is 0.262 e. The van der Waals surface area contributed by atoms with Gasteiger partial charge in [-0.15, -0.1) is 0 Å². The average molecular weight is 406 g/mol. The van der Waals surface area contributed by atoms with Crippen LogP contribution in [0.3, 0.4) is 0 Å². The van der Waals surface area contributed by atoms with E-state index in [0.29, 0.717) is 28.2 Å². The van der Waals surface area contributed by atoms with Gasteiger partial charge in [-0.3, -0.25) is 4.79 Å². The van der Waals surface area contributed by atoms with Crippen LogP contribution < -0.4 is 10.1 Å². The van der Waals surface area contributed by atoms with Crippen molar-refractivity contribution >= 4 is 23.2 Å². The Balaban J connectivity index is 1.37. The lowest BCUT2D eigenvalue weighted by molar-refractivity contribution is -0.118. The van der Waals surface area contributed by atoms with E-state index in [-0.39, 0.29) is 12.5 Å². The van der Waals surface area contributed by atoms with E-state index in [9.17, 15) is 4.79 Å². The number of para-hydroxylation sites is 1. The molecule has 1 aromatic heterocycles. The molecule has 29 heavy (non-hydrogen) atoms. The Kier molecular flexibility index (Phi) is 5.54. The molecule has 4 rings (SSSR count). The Morgan fingerprint density at radius 1 is 0.931 bits per heavy atom. The van der Waals surface area contributed by atoms with Gasteiger partial charge in [-0.2, -0.15) is 4.98 Å². The summed E-state index contributed by atoms with van der Waals surface area (Å²) in [5.74, 6) is 1.18. The first-order chi connectivity index (χ1) is 14.2. The number of rotatable bonds is 6. The fraction of sp³-hybridized carbons (Fsp3) is 0.0455. The van der Waals surface area contributed by atoms with Crippen LogP contribution in [0.2, 0.25) is 5.02 Å². The highest BCUT2D eigenvalue weighted by Crippen LogP contribution is 2.24. The molecule has 0 aliphatic rings. The van der Waals surface area contributed by atoms with Gasteiger partial charge in [0.15, 0.2) is 6.61 Å². The third kappa shape index (κ3) is 4.62. The third-order valence-corrected chi connectivity index (χ3v) is 4.41. The predicted molar refractivity (Wildman–Crippen MR) is 111 cm³/mol. The maximum absolute atomic E-state index is 12.0. The molecule has 1 N–H and O–H groups in total. The fourth-order valence-corrected chi connectivity index (χ4v) is 2.82. The Bertz CT molecular complexity index is 1110. The molecule has 0 aliphatic heterocycles. The molecule has 0 radical (unpaired) electrons. The van der Waals surface area contributed by atoms with Crippen LogP contribution in [0.1, 0.15) is 0 Å². The first kappa shape index (κ1) is 18.7. The van der Waals surface area contributed by atoms with E-state index in [4.69, 9.17) is 20.9 Å². The zero-order valence-electron chi connectivity index (χ0n) is 15.2. The molecule has 1 heterocycles. The van der Waals surface area contributed by atoms with E-state index in [1.54, 1.807) is 48.5 Å². The van der Waals surface area contributed by atoms with Gasteiger partial charge in [0, 0.05) is 11.1 Å². The fourth-order valence-electron chi connectivity index (χ4n) is 2.64. The quantitative estimate of drug-likeness (QED) is 0.484. The zero-order chi connectivity index (χ0) is 20.1. The highest BCUT2D eigenvalue weighted by Gasteiger charge is 2.11. The van der Waals surface area contributed by atoms with Crippen molar-refractivity contribution in [1.29, 1.82) is 0 Å². The average Bonchev–Trinajstić information content (AvgIpc) is 3.25. The number of nitrogens with zero attached hydrogens (tertiary/aromatic N) is 2. The normalized spacial score (nSPS) is 10.5. The van der Waals surface area contributed by atoms with Gasteiger partial charge in [0.05, 0.1) is 10.7 Å². The van der Waals surface area contributed by atoms with E-state index >= 15 is 0 Å². The first-order valence-electron chi connectivity index (χ1n) is 8.86. The van der Waals surface area contributed by atoms with Crippen LogP contribution in [0.5, 0.6) is 5.75 Å². The standard InChI is InChI=1S/C22H16ClN3O3/c23-18-8-4-5-9-19(18)24-20(27)14-28-17-12-10-16(11-13-17)22-25-21(26-29-22)15-6-2-1-3-7-15/h1-13H,14H2,(H,24,27). The SMILES string of the molecule is O=C(COc1ccc(-c2nc(-c3ccccc3)no2)cc1)Nc1ccccc1Cl. The number of halogens is 1. The minimum atomic E-state index is -0.299. The molecule has 0 unspecified atom stereocenters. The van der Waals surface area contributed by atoms with Crippen molar-refractivity contribution in [1.82, 2.24) is 10.1 Å². The van der Waals surface area contributed by atoms with Crippen molar-refractivity contribution in [2.45, 2.75) is 0 Å². The van der Waals surface area contributed by atoms with Crippen molar-refractivity contribution < 1.29 is 14.1 Å². The van der Waals surface area contributed by atoms with Crippen molar-refractivity contribution in [2.75, 3.05) is 11.9 Å². The van der Waals surface area contributed by atoms with Gasteiger partial charge in [0.2, 0.25) is 5.82 Å². The number of hydrogen-bond donors (Lipinski definition) is 1. The third-order valence-electron chi connectivity index (χ3n) is 4.08. The number of nitrogens with one attached hydrogen (secondary N) is 1. The largest absolute Gasteiger partial charge is 0.484 e.